The van der Waals surface area contributed by atoms with Crippen molar-refractivity contribution in [2.75, 3.05) is 0 Å². The smallest absolute Gasteiger partial charge is 0.0616 e. The summed E-state index contributed by atoms with van der Waals surface area (Å²) in [6.07, 6.45) is -0.189. The number of aliphatic hydroxyl groups is 4. The Balaban J connectivity index is 3.66. The molecule has 0 radical (unpaired) electrons. The van der Waals surface area contributed by atoms with Gasteiger partial charge in [0, 0.05) is 6.42 Å². The number of rotatable bonds is 7. The molecule has 15 heavy (non-hydrogen) atoms. The monoisotopic (exact) mass is 220 g/mol. The SMILES string of the molecule is C[C@H](O)C[C@@H](O)CCC(O)CC(C)(C)O. The fraction of sp³-hybridized carbons (Fsp3) is 1.00. The van der Waals surface area contributed by atoms with Crippen molar-refractivity contribution in [2.24, 2.45) is 0 Å². The van der Waals surface area contributed by atoms with Crippen LogP contribution in [-0.4, -0.2) is 44.3 Å². The Morgan fingerprint density at radius 1 is 1.00 bits per heavy atom. The van der Waals surface area contributed by atoms with Gasteiger partial charge < -0.3 is 20.4 Å². The average Bonchev–Trinajstić information content (AvgIpc) is 1.96. The van der Waals surface area contributed by atoms with Crippen molar-refractivity contribution in [1.29, 1.82) is 0 Å². The third kappa shape index (κ3) is 10.1. The third-order valence-electron chi connectivity index (χ3n) is 2.18. The second kappa shape index (κ2) is 6.43. The second-order valence-corrected chi connectivity index (χ2v) is 4.99. The van der Waals surface area contributed by atoms with E-state index in [9.17, 15) is 15.3 Å². The van der Waals surface area contributed by atoms with Crippen LogP contribution in [0.5, 0.6) is 0 Å². The maximum absolute atomic E-state index is 9.53. The summed E-state index contributed by atoms with van der Waals surface area (Å²) < 4.78 is 0. The van der Waals surface area contributed by atoms with Gasteiger partial charge in [0.25, 0.3) is 0 Å². The maximum atomic E-state index is 9.53. The van der Waals surface area contributed by atoms with Crippen LogP contribution < -0.4 is 0 Å². The van der Waals surface area contributed by atoms with E-state index in [2.05, 4.69) is 0 Å². The molecule has 0 fully saturated rings. The molecule has 4 heteroatoms. The highest BCUT2D eigenvalue weighted by molar-refractivity contribution is 4.72. The lowest BCUT2D eigenvalue weighted by molar-refractivity contribution is 0.00715. The molecular formula is C11H24O4. The zero-order chi connectivity index (χ0) is 12.1. The van der Waals surface area contributed by atoms with Crippen LogP contribution in [0.2, 0.25) is 0 Å². The Kier molecular flexibility index (Phi) is 6.36. The van der Waals surface area contributed by atoms with E-state index in [4.69, 9.17) is 5.11 Å². The summed E-state index contributed by atoms with van der Waals surface area (Å²) in [6.45, 7) is 4.90. The quantitative estimate of drug-likeness (QED) is 0.501. The molecule has 0 aliphatic rings. The maximum Gasteiger partial charge on any atom is 0.0616 e. The van der Waals surface area contributed by atoms with Crippen molar-refractivity contribution in [3.8, 4) is 0 Å². The Labute approximate surface area is 91.6 Å². The molecule has 0 rings (SSSR count). The fourth-order valence-corrected chi connectivity index (χ4v) is 1.58. The van der Waals surface area contributed by atoms with Gasteiger partial charge in [0.1, 0.15) is 0 Å². The molecule has 0 aromatic carbocycles. The molecule has 3 atom stereocenters. The predicted octanol–water partition coefficient (Wildman–Crippen LogP) is 0.420. The standard InChI is InChI=1S/C11H24O4/c1-8(12)6-9(13)4-5-10(14)7-11(2,3)15/h8-10,12-15H,4-7H2,1-3H3/t8-,9-,10?/m0/s1. The number of hydrogen-bond acceptors (Lipinski definition) is 4. The molecule has 92 valence electrons. The fourth-order valence-electron chi connectivity index (χ4n) is 1.58. The lowest BCUT2D eigenvalue weighted by atomic mass is 9.96. The Morgan fingerprint density at radius 2 is 1.47 bits per heavy atom. The van der Waals surface area contributed by atoms with E-state index in [-0.39, 0.29) is 0 Å². The molecule has 0 aromatic rings. The van der Waals surface area contributed by atoms with Crippen molar-refractivity contribution in [3.05, 3.63) is 0 Å². The van der Waals surface area contributed by atoms with Crippen molar-refractivity contribution in [2.45, 2.75) is 70.4 Å². The highest BCUT2D eigenvalue weighted by Crippen LogP contribution is 2.16. The molecule has 0 saturated heterocycles. The van der Waals surface area contributed by atoms with Gasteiger partial charge in [-0.3, -0.25) is 0 Å². The van der Waals surface area contributed by atoms with Gasteiger partial charge in [-0.25, -0.2) is 0 Å². The molecule has 0 saturated carbocycles. The van der Waals surface area contributed by atoms with E-state index < -0.39 is 23.9 Å². The Bertz CT molecular complexity index is 162. The van der Waals surface area contributed by atoms with Crippen LogP contribution >= 0.6 is 0 Å². The van der Waals surface area contributed by atoms with Crippen molar-refractivity contribution >= 4 is 0 Å². The van der Waals surface area contributed by atoms with Crippen molar-refractivity contribution < 1.29 is 20.4 Å². The summed E-state index contributed by atoms with van der Waals surface area (Å²) in [4.78, 5) is 0. The Hall–Kier alpha value is -0.160. The summed E-state index contributed by atoms with van der Waals surface area (Å²) >= 11 is 0. The molecule has 4 N–H and O–H groups in total. The highest BCUT2D eigenvalue weighted by atomic mass is 16.3. The summed E-state index contributed by atoms with van der Waals surface area (Å²) in [5.74, 6) is 0. The molecule has 0 bridgehead atoms. The van der Waals surface area contributed by atoms with Crippen LogP contribution in [0.1, 0.15) is 46.5 Å². The molecule has 0 amide bonds. The zero-order valence-electron chi connectivity index (χ0n) is 9.85. The molecule has 0 aromatic heterocycles. The van der Waals surface area contributed by atoms with E-state index in [0.717, 1.165) is 0 Å². The zero-order valence-corrected chi connectivity index (χ0v) is 9.85. The molecule has 0 aliphatic carbocycles. The minimum Gasteiger partial charge on any atom is -0.393 e. The van der Waals surface area contributed by atoms with Gasteiger partial charge in [0.2, 0.25) is 0 Å². The molecule has 0 aliphatic heterocycles. The van der Waals surface area contributed by atoms with Gasteiger partial charge in [-0.1, -0.05) is 0 Å². The van der Waals surface area contributed by atoms with Crippen molar-refractivity contribution in [1.82, 2.24) is 0 Å². The third-order valence-corrected chi connectivity index (χ3v) is 2.18. The largest absolute Gasteiger partial charge is 0.393 e. The summed E-state index contributed by atoms with van der Waals surface area (Å²) in [5.41, 5.74) is -0.880. The van der Waals surface area contributed by atoms with Crippen LogP contribution in [-0.2, 0) is 0 Å². The van der Waals surface area contributed by atoms with Gasteiger partial charge >= 0.3 is 0 Å². The first-order valence-corrected chi connectivity index (χ1v) is 5.47. The number of hydrogen-bond donors (Lipinski definition) is 4. The lowest BCUT2D eigenvalue weighted by Gasteiger charge is -2.22. The molecule has 4 nitrogen and oxygen atoms in total. The van der Waals surface area contributed by atoms with Crippen molar-refractivity contribution in [3.63, 3.8) is 0 Å². The van der Waals surface area contributed by atoms with E-state index >= 15 is 0 Å². The van der Waals surface area contributed by atoms with E-state index in [0.29, 0.717) is 25.7 Å². The van der Waals surface area contributed by atoms with Gasteiger partial charge in [-0.2, -0.15) is 0 Å². The summed E-state index contributed by atoms with van der Waals surface area (Å²) in [6, 6.07) is 0. The second-order valence-electron chi connectivity index (χ2n) is 4.99. The average molecular weight is 220 g/mol. The van der Waals surface area contributed by atoms with Crippen LogP contribution in [0.3, 0.4) is 0 Å². The molecule has 1 unspecified atom stereocenters. The topological polar surface area (TPSA) is 80.9 Å². The van der Waals surface area contributed by atoms with Gasteiger partial charge in [-0.05, 0) is 40.0 Å². The normalized spacial score (nSPS) is 18.6. The van der Waals surface area contributed by atoms with Gasteiger partial charge in [0.15, 0.2) is 0 Å². The van der Waals surface area contributed by atoms with Gasteiger partial charge in [0.05, 0.1) is 23.9 Å². The first-order valence-electron chi connectivity index (χ1n) is 5.47. The molecule has 0 heterocycles. The van der Waals surface area contributed by atoms with Crippen LogP contribution in [0.15, 0.2) is 0 Å². The minimum atomic E-state index is -0.880. The first-order chi connectivity index (χ1) is 6.70. The van der Waals surface area contributed by atoms with E-state index in [1.165, 1.54) is 0 Å². The molecular weight excluding hydrogens is 196 g/mol. The predicted molar refractivity (Wildman–Crippen MR) is 58.5 cm³/mol. The summed E-state index contributed by atoms with van der Waals surface area (Å²) in [5, 5.41) is 37.4. The Morgan fingerprint density at radius 3 is 1.87 bits per heavy atom. The number of aliphatic hydroxyl groups excluding tert-OH is 3. The van der Waals surface area contributed by atoms with Crippen LogP contribution in [0.25, 0.3) is 0 Å². The minimum absolute atomic E-state index is 0.300. The van der Waals surface area contributed by atoms with Crippen LogP contribution in [0.4, 0.5) is 0 Å². The van der Waals surface area contributed by atoms with E-state index in [1.54, 1.807) is 20.8 Å². The van der Waals surface area contributed by atoms with Gasteiger partial charge in [-0.15, -0.1) is 0 Å². The highest BCUT2D eigenvalue weighted by Gasteiger charge is 2.19. The van der Waals surface area contributed by atoms with E-state index in [1.807, 2.05) is 0 Å². The lowest BCUT2D eigenvalue weighted by Crippen LogP contribution is -2.27. The van der Waals surface area contributed by atoms with Crippen LogP contribution in [0, 0.1) is 0 Å². The molecule has 0 spiro atoms. The summed E-state index contributed by atoms with van der Waals surface area (Å²) in [7, 11) is 0. The first kappa shape index (κ1) is 14.8.